The molecule has 0 aliphatic heterocycles. The summed E-state index contributed by atoms with van der Waals surface area (Å²) in [5.41, 5.74) is 8.20. The maximum Gasteiger partial charge on any atom is 0.147 e. The fourth-order valence-electron chi connectivity index (χ4n) is 8.18. The summed E-state index contributed by atoms with van der Waals surface area (Å²) >= 11 is 0. The lowest BCUT2D eigenvalue weighted by Gasteiger charge is -2.18. The predicted molar refractivity (Wildman–Crippen MR) is 202 cm³/mol. The monoisotopic (exact) mass is 610 g/mol. The second-order valence-electron chi connectivity index (χ2n) is 12.8. The average molecular weight is 611 g/mol. The van der Waals surface area contributed by atoms with Gasteiger partial charge in [-0.2, -0.15) is 0 Å². The lowest BCUT2D eigenvalue weighted by Crippen LogP contribution is -1.91. The van der Waals surface area contributed by atoms with Crippen LogP contribution in [-0.2, 0) is 0 Å². The van der Waals surface area contributed by atoms with Crippen LogP contribution in [0.25, 0.3) is 109 Å². The van der Waals surface area contributed by atoms with E-state index in [1.807, 2.05) is 6.07 Å². The quantitative estimate of drug-likeness (QED) is 0.182. The Balaban J connectivity index is 1.34. The molecule has 2 heterocycles. The van der Waals surface area contributed by atoms with E-state index in [4.69, 9.17) is 8.83 Å². The van der Waals surface area contributed by atoms with Crippen LogP contribution >= 0.6 is 0 Å². The van der Waals surface area contributed by atoms with E-state index in [9.17, 15) is 0 Å². The number of para-hydroxylation sites is 1. The van der Waals surface area contributed by atoms with Gasteiger partial charge in [-0.25, -0.2) is 0 Å². The summed E-state index contributed by atoms with van der Waals surface area (Å²) in [5.74, 6) is 0. The van der Waals surface area contributed by atoms with Crippen LogP contribution < -0.4 is 0 Å². The van der Waals surface area contributed by atoms with Crippen molar-refractivity contribution in [2.75, 3.05) is 0 Å². The normalized spacial score (nSPS) is 12.2. The molecule has 0 fully saturated rings. The fraction of sp³-hybridized carbons (Fsp3) is 0. The Morgan fingerprint density at radius 1 is 0.312 bits per heavy atom. The zero-order chi connectivity index (χ0) is 31.3. The van der Waals surface area contributed by atoms with Gasteiger partial charge in [0, 0.05) is 16.2 Å². The largest absolute Gasteiger partial charge is 0.456 e. The molecule has 2 aromatic heterocycles. The molecule has 0 saturated carbocycles. The first-order chi connectivity index (χ1) is 23.8. The van der Waals surface area contributed by atoms with Gasteiger partial charge in [0.2, 0.25) is 0 Å². The minimum absolute atomic E-state index is 0.828. The Kier molecular flexibility index (Phi) is 5.14. The Bertz CT molecular complexity index is 3060. The van der Waals surface area contributed by atoms with E-state index < -0.39 is 0 Å². The van der Waals surface area contributed by atoms with E-state index in [1.165, 1.54) is 59.8 Å². The van der Waals surface area contributed by atoms with Crippen molar-refractivity contribution >= 4 is 87.0 Å². The van der Waals surface area contributed by atoms with Gasteiger partial charge in [-0.3, -0.25) is 0 Å². The standard InChI is InChI=1S/C46H26O2/c1-2-13-29-25-30(22-21-27(29)11-1)41-32-15-5-7-17-34(32)42(35-18-8-6-16-33(35)41)37-26-40-45(46-43(37)36-19-9-10-20-38(36)48-46)44-31-14-4-3-12-28(31)23-24-39(44)47-40/h1-26H. The predicted octanol–water partition coefficient (Wildman–Crippen LogP) is 13.4. The van der Waals surface area contributed by atoms with Gasteiger partial charge < -0.3 is 8.83 Å². The first kappa shape index (κ1) is 25.8. The van der Waals surface area contributed by atoms with Crippen molar-refractivity contribution in [1.29, 1.82) is 0 Å². The Hall–Kier alpha value is -6.38. The van der Waals surface area contributed by atoms with Crippen molar-refractivity contribution in [3.63, 3.8) is 0 Å². The molecule has 0 atom stereocenters. The maximum atomic E-state index is 6.84. The van der Waals surface area contributed by atoms with Crippen LogP contribution in [0, 0.1) is 0 Å². The summed E-state index contributed by atoms with van der Waals surface area (Å²) in [6.07, 6.45) is 0. The molecule has 2 heteroatoms. The van der Waals surface area contributed by atoms with E-state index in [0.29, 0.717) is 0 Å². The average Bonchev–Trinajstić information content (AvgIpc) is 3.72. The molecule has 0 saturated heterocycles. The number of hydrogen-bond acceptors (Lipinski definition) is 2. The first-order valence-corrected chi connectivity index (χ1v) is 16.4. The summed E-state index contributed by atoms with van der Waals surface area (Å²) in [6, 6.07) is 56.6. The highest BCUT2D eigenvalue weighted by atomic mass is 16.3. The smallest absolute Gasteiger partial charge is 0.147 e. The molecule has 222 valence electrons. The van der Waals surface area contributed by atoms with Crippen LogP contribution in [0.3, 0.4) is 0 Å². The van der Waals surface area contributed by atoms with E-state index in [-0.39, 0.29) is 0 Å². The summed E-state index contributed by atoms with van der Waals surface area (Å²) in [6.45, 7) is 0. The molecular weight excluding hydrogens is 585 g/mol. The van der Waals surface area contributed by atoms with Crippen LogP contribution in [0.2, 0.25) is 0 Å². The van der Waals surface area contributed by atoms with Gasteiger partial charge >= 0.3 is 0 Å². The highest BCUT2D eigenvalue weighted by Gasteiger charge is 2.25. The molecule has 0 unspecified atom stereocenters. The highest BCUT2D eigenvalue weighted by molar-refractivity contribution is 6.33. The number of furan rings is 2. The van der Waals surface area contributed by atoms with Crippen molar-refractivity contribution in [3.05, 3.63) is 158 Å². The summed E-state index contributed by atoms with van der Waals surface area (Å²) < 4.78 is 13.6. The van der Waals surface area contributed by atoms with Crippen LogP contribution in [0.15, 0.2) is 167 Å². The van der Waals surface area contributed by atoms with E-state index >= 15 is 0 Å². The van der Waals surface area contributed by atoms with Gasteiger partial charge in [-0.05, 0) is 89.6 Å². The van der Waals surface area contributed by atoms with Crippen molar-refractivity contribution in [2.24, 2.45) is 0 Å². The van der Waals surface area contributed by atoms with Crippen LogP contribution in [0.4, 0.5) is 0 Å². The molecule has 11 aromatic rings. The van der Waals surface area contributed by atoms with Gasteiger partial charge in [-0.15, -0.1) is 0 Å². The van der Waals surface area contributed by atoms with Crippen molar-refractivity contribution in [2.45, 2.75) is 0 Å². The molecule has 2 nitrogen and oxygen atoms in total. The molecule has 0 N–H and O–H groups in total. The molecule has 0 radical (unpaired) electrons. The van der Waals surface area contributed by atoms with Crippen molar-refractivity contribution in [3.8, 4) is 22.3 Å². The third kappa shape index (κ3) is 3.46. The molecule has 48 heavy (non-hydrogen) atoms. The zero-order valence-corrected chi connectivity index (χ0v) is 25.8. The zero-order valence-electron chi connectivity index (χ0n) is 25.8. The molecule has 11 rings (SSSR count). The van der Waals surface area contributed by atoms with Crippen LogP contribution in [-0.4, -0.2) is 0 Å². The van der Waals surface area contributed by atoms with E-state index in [2.05, 4.69) is 152 Å². The molecule has 0 bridgehead atoms. The van der Waals surface area contributed by atoms with Crippen LogP contribution in [0.1, 0.15) is 0 Å². The summed E-state index contributed by atoms with van der Waals surface area (Å²) in [5, 5.41) is 14.0. The van der Waals surface area contributed by atoms with Gasteiger partial charge in [0.15, 0.2) is 0 Å². The summed E-state index contributed by atoms with van der Waals surface area (Å²) in [7, 11) is 0. The number of fused-ring (bicyclic) bond motifs is 12. The molecule has 0 spiro atoms. The molecule has 0 aliphatic rings. The minimum atomic E-state index is 0.828. The Labute approximate surface area is 275 Å². The third-order valence-electron chi connectivity index (χ3n) is 10.2. The van der Waals surface area contributed by atoms with Crippen LogP contribution in [0.5, 0.6) is 0 Å². The second-order valence-corrected chi connectivity index (χ2v) is 12.8. The third-order valence-corrected chi connectivity index (χ3v) is 10.2. The van der Waals surface area contributed by atoms with E-state index in [1.54, 1.807) is 0 Å². The van der Waals surface area contributed by atoms with Gasteiger partial charge in [0.1, 0.15) is 22.3 Å². The highest BCUT2D eigenvalue weighted by Crippen LogP contribution is 2.50. The van der Waals surface area contributed by atoms with Gasteiger partial charge in [0.25, 0.3) is 0 Å². The second kappa shape index (κ2) is 9.57. The lowest BCUT2D eigenvalue weighted by atomic mass is 9.84. The topological polar surface area (TPSA) is 26.3 Å². The lowest BCUT2D eigenvalue weighted by molar-refractivity contribution is 0.663. The minimum Gasteiger partial charge on any atom is -0.456 e. The Morgan fingerprint density at radius 2 is 0.896 bits per heavy atom. The summed E-state index contributed by atoms with van der Waals surface area (Å²) in [4.78, 5) is 0. The van der Waals surface area contributed by atoms with Gasteiger partial charge in [-0.1, -0.05) is 133 Å². The molecule has 0 aliphatic carbocycles. The Morgan fingerprint density at radius 3 is 1.65 bits per heavy atom. The maximum absolute atomic E-state index is 6.84. The molecule has 0 amide bonds. The number of hydrogen-bond donors (Lipinski definition) is 0. The molecule has 9 aromatic carbocycles. The number of benzene rings is 9. The number of rotatable bonds is 2. The van der Waals surface area contributed by atoms with Crippen molar-refractivity contribution in [1.82, 2.24) is 0 Å². The van der Waals surface area contributed by atoms with E-state index in [0.717, 1.165) is 49.4 Å². The SMILES string of the molecule is c1ccc2cc(-c3c4ccccc4c(-c4cc5oc6ccc7ccccc7c6c5c5oc6ccccc6c45)c4ccccc34)ccc2c1. The van der Waals surface area contributed by atoms with Gasteiger partial charge in [0.05, 0.1) is 5.39 Å². The van der Waals surface area contributed by atoms with Crippen molar-refractivity contribution < 1.29 is 8.83 Å². The first-order valence-electron chi connectivity index (χ1n) is 16.4. The molecular formula is C46H26O2. The fourth-order valence-corrected chi connectivity index (χ4v) is 8.18.